The molecule has 2 heteroatoms. The maximum atomic E-state index is 4.68. The van der Waals surface area contributed by atoms with Gasteiger partial charge >= 0.3 is 0 Å². The van der Waals surface area contributed by atoms with Gasteiger partial charge in [-0.25, -0.2) is 4.98 Å². The Bertz CT molecular complexity index is 625. The molecule has 1 aromatic heterocycles. The number of fused-ring (bicyclic) bond motifs is 3. The summed E-state index contributed by atoms with van der Waals surface area (Å²) in [5.74, 6) is 0. The third-order valence-corrected chi connectivity index (χ3v) is 3.80. The normalized spacial score (nSPS) is 11.3. The monoisotopic (exact) mass is 213 g/mol. The molecule has 15 heavy (non-hydrogen) atoms. The molecule has 74 valence electrons. The van der Waals surface area contributed by atoms with Crippen molar-refractivity contribution < 1.29 is 0 Å². The molecular weight excluding hydrogens is 202 g/mol. The Morgan fingerprint density at radius 1 is 1.13 bits per heavy atom. The molecule has 1 nitrogen and oxygen atoms in total. The third kappa shape index (κ3) is 1.33. The molecule has 0 aliphatic rings. The summed E-state index contributed by atoms with van der Waals surface area (Å²) in [6.45, 7) is 2.15. The molecule has 0 atom stereocenters. The standard InChI is InChI=1S/C13H11NS/c1-2-12-14-13-10-6-4-3-5-9(10)7-8-11(13)15-12/h3-8H,2H2,1H3. The van der Waals surface area contributed by atoms with E-state index in [0.717, 1.165) is 11.9 Å². The van der Waals surface area contributed by atoms with E-state index < -0.39 is 0 Å². The van der Waals surface area contributed by atoms with Crippen LogP contribution < -0.4 is 0 Å². The zero-order valence-electron chi connectivity index (χ0n) is 8.53. The third-order valence-electron chi connectivity index (χ3n) is 2.63. The minimum atomic E-state index is 1.02. The van der Waals surface area contributed by atoms with Crippen molar-refractivity contribution in [2.75, 3.05) is 0 Å². The van der Waals surface area contributed by atoms with Crippen LogP contribution in [0.1, 0.15) is 11.9 Å². The molecule has 0 unspecified atom stereocenters. The number of thiazole rings is 1. The molecule has 0 N–H and O–H groups in total. The molecule has 0 aliphatic heterocycles. The second kappa shape index (κ2) is 3.31. The number of hydrogen-bond donors (Lipinski definition) is 0. The van der Waals surface area contributed by atoms with Crippen LogP contribution in [-0.2, 0) is 6.42 Å². The minimum Gasteiger partial charge on any atom is -0.241 e. The highest BCUT2D eigenvalue weighted by molar-refractivity contribution is 7.18. The molecule has 0 radical (unpaired) electrons. The molecule has 0 aliphatic carbocycles. The van der Waals surface area contributed by atoms with Crippen molar-refractivity contribution >= 4 is 32.3 Å². The fourth-order valence-corrected chi connectivity index (χ4v) is 2.78. The van der Waals surface area contributed by atoms with Crippen LogP contribution in [0.5, 0.6) is 0 Å². The van der Waals surface area contributed by atoms with Crippen molar-refractivity contribution in [1.82, 2.24) is 4.98 Å². The van der Waals surface area contributed by atoms with Crippen molar-refractivity contribution in [3.63, 3.8) is 0 Å². The van der Waals surface area contributed by atoms with E-state index in [1.807, 2.05) is 0 Å². The lowest BCUT2D eigenvalue weighted by Gasteiger charge is -1.96. The van der Waals surface area contributed by atoms with Gasteiger partial charge in [-0.3, -0.25) is 0 Å². The van der Waals surface area contributed by atoms with E-state index in [1.165, 1.54) is 20.5 Å². The zero-order chi connectivity index (χ0) is 10.3. The first-order chi connectivity index (χ1) is 7.38. The van der Waals surface area contributed by atoms with Gasteiger partial charge < -0.3 is 0 Å². The van der Waals surface area contributed by atoms with Gasteiger partial charge in [-0.2, -0.15) is 0 Å². The van der Waals surface area contributed by atoms with E-state index in [4.69, 9.17) is 0 Å². The number of aryl methyl sites for hydroxylation is 1. The van der Waals surface area contributed by atoms with Gasteiger partial charge in [0.15, 0.2) is 0 Å². The number of benzene rings is 2. The van der Waals surface area contributed by atoms with Crippen LogP contribution in [0.25, 0.3) is 21.0 Å². The van der Waals surface area contributed by atoms with Crippen molar-refractivity contribution in [2.45, 2.75) is 13.3 Å². The summed E-state index contributed by atoms with van der Waals surface area (Å²) < 4.78 is 1.30. The molecule has 1 heterocycles. The summed E-state index contributed by atoms with van der Waals surface area (Å²) >= 11 is 1.80. The van der Waals surface area contributed by atoms with E-state index in [2.05, 4.69) is 48.3 Å². The molecule has 0 fully saturated rings. The molecule has 0 spiro atoms. The first kappa shape index (κ1) is 8.86. The largest absolute Gasteiger partial charge is 0.241 e. The summed E-state index contributed by atoms with van der Waals surface area (Å²) in [5, 5.41) is 3.77. The van der Waals surface area contributed by atoms with Gasteiger partial charge in [0.2, 0.25) is 0 Å². The zero-order valence-corrected chi connectivity index (χ0v) is 9.34. The quantitative estimate of drug-likeness (QED) is 0.595. The summed E-state index contributed by atoms with van der Waals surface area (Å²) in [4.78, 5) is 4.68. The molecule has 2 aromatic carbocycles. The molecule has 3 rings (SSSR count). The Balaban J connectivity index is 2.47. The fraction of sp³-hybridized carbons (Fsp3) is 0.154. The predicted octanol–water partition coefficient (Wildman–Crippen LogP) is 4.01. The van der Waals surface area contributed by atoms with Gasteiger partial charge in [-0.15, -0.1) is 11.3 Å². The van der Waals surface area contributed by atoms with Crippen LogP contribution >= 0.6 is 11.3 Å². The SMILES string of the molecule is CCc1nc2c(ccc3ccccc32)s1. The average molecular weight is 213 g/mol. The van der Waals surface area contributed by atoms with E-state index in [1.54, 1.807) is 11.3 Å². The molecular formula is C13H11NS. The van der Waals surface area contributed by atoms with Gasteiger partial charge in [0.25, 0.3) is 0 Å². The molecule has 0 saturated carbocycles. The molecule has 3 aromatic rings. The average Bonchev–Trinajstić information content (AvgIpc) is 2.72. The summed E-state index contributed by atoms with van der Waals surface area (Å²) in [5.41, 5.74) is 1.16. The Morgan fingerprint density at radius 3 is 2.87 bits per heavy atom. The summed E-state index contributed by atoms with van der Waals surface area (Å²) in [6.07, 6.45) is 1.02. The van der Waals surface area contributed by atoms with E-state index >= 15 is 0 Å². The van der Waals surface area contributed by atoms with Gasteiger partial charge in [-0.1, -0.05) is 37.3 Å². The first-order valence-corrected chi connectivity index (χ1v) is 5.97. The van der Waals surface area contributed by atoms with Crippen LogP contribution in [0, 0.1) is 0 Å². The number of hydrogen-bond acceptors (Lipinski definition) is 2. The maximum absolute atomic E-state index is 4.68. The Hall–Kier alpha value is -1.41. The van der Waals surface area contributed by atoms with Gasteiger partial charge in [-0.05, 0) is 17.9 Å². The Kier molecular flexibility index (Phi) is 1.96. The smallest absolute Gasteiger partial charge is 0.0936 e. The van der Waals surface area contributed by atoms with E-state index in [0.29, 0.717) is 0 Å². The molecule has 0 bridgehead atoms. The predicted molar refractivity (Wildman–Crippen MR) is 66.5 cm³/mol. The topological polar surface area (TPSA) is 12.9 Å². The van der Waals surface area contributed by atoms with Gasteiger partial charge in [0.1, 0.15) is 0 Å². The van der Waals surface area contributed by atoms with Crippen molar-refractivity contribution in [3.05, 3.63) is 41.4 Å². The van der Waals surface area contributed by atoms with E-state index in [9.17, 15) is 0 Å². The lowest BCUT2D eigenvalue weighted by Crippen LogP contribution is -1.77. The van der Waals surface area contributed by atoms with Crippen LogP contribution in [0.15, 0.2) is 36.4 Å². The molecule has 0 amide bonds. The van der Waals surface area contributed by atoms with Crippen molar-refractivity contribution in [2.24, 2.45) is 0 Å². The Labute approximate surface area is 92.4 Å². The highest BCUT2D eigenvalue weighted by Gasteiger charge is 2.05. The van der Waals surface area contributed by atoms with Gasteiger partial charge in [0.05, 0.1) is 15.2 Å². The second-order valence-electron chi connectivity index (χ2n) is 3.59. The lowest BCUT2D eigenvalue weighted by molar-refractivity contribution is 1.11. The van der Waals surface area contributed by atoms with Crippen LogP contribution in [0.2, 0.25) is 0 Å². The van der Waals surface area contributed by atoms with Gasteiger partial charge in [0, 0.05) is 5.39 Å². The first-order valence-electron chi connectivity index (χ1n) is 5.15. The lowest BCUT2D eigenvalue weighted by atomic mass is 10.1. The maximum Gasteiger partial charge on any atom is 0.0936 e. The number of rotatable bonds is 1. The second-order valence-corrected chi connectivity index (χ2v) is 4.71. The highest BCUT2D eigenvalue weighted by Crippen LogP contribution is 2.29. The van der Waals surface area contributed by atoms with Crippen LogP contribution in [0.3, 0.4) is 0 Å². The van der Waals surface area contributed by atoms with E-state index in [-0.39, 0.29) is 0 Å². The van der Waals surface area contributed by atoms with Crippen molar-refractivity contribution in [1.29, 1.82) is 0 Å². The van der Waals surface area contributed by atoms with Crippen LogP contribution in [0.4, 0.5) is 0 Å². The van der Waals surface area contributed by atoms with Crippen LogP contribution in [-0.4, -0.2) is 4.98 Å². The molecule has 0 saturated heterocycles. The number of aromatic nitrogens is 1. The Morgan fingerprint density at radius 2 is 2.00 bits per heavy atom. The number of nitrogens with zero attached hydrogens (tertiary/aromatic N) is 1. The van der Waals surface area contributed by atoms with Crippen molar-refractivity contribution in [3.8, 4) is 0 Å². The summed E-state index contributed by atoms with van der Waals surface area (Å²) in [6, 6.07) is 12.8. The highest BCUT2D eigenvalue weighted by atomic mass is 32.1. The summed E-state index contributed by atoms with van der Waals surface area (Å²) in [7, 11) is 0. The fourth-order valence-electron chi connectivity index (χ4n) is 1.86. The minimum absolute atomic E-state index is 1.02.